The van der Waals surface area contributed by atoms with Crippen molar-refractivity contribution >= 4 is 28.8 Å². The molecule has 154 valence electrons. The molecule has 0 amide bonds. The van der Waals surface area contributed by atoms with E-state index in [-0.39, 0.29) is 18.0 Å². The lowest BCUT2D eigenvalue weighted by Crippen LogP contribution is -2.51. The average Bonchev–Trinajstić information content (AvgIpc) is 3.08. The largest absolute Gasteiger partial charge is 0.416 e. The van der Waals surface area contributed by atoms with Gasteiger partial charge < -0.3 is 10.1 Å². The molecule has 1 atom stereocenters. The van der Waals surface area contributed by atoms with E-state index in [1.807, 2.05) is 0 Å². The molecular weight excluding hydrogens is 395 g/mol. The fraction of sp³-hybridized carbons (Fsp3) is 0.526. The zero-order valence-corrected chi connectivity index (χ0v) is 16.3. The summed E-state index contributed by atoms with van der Waals surface area (Å²) in [6.07, 6.45) is -3.06. The summed E-state index contributed by atoms with van der Waals surface area (Å²) in [6.45, 7) is 1.94. The van der Waals surface area contributed by atoms with Gasteiger partial charge in [0.15, 0.2) is 5.12 Å². The highest BCUT2D eigenvalue weighted by Crippen LogP contribution is 2.32. The predicted molar refractivity (Wildman–Crippen MR) is 98.6 cm³/mol. The second-order valence-electron chi connectivity index (χ2n) is 6.69. The number of hydrogen-bond donors (Lipinski definition) is 1. The first-order chi connectivity index (χ1) is 13.1. The molecule has 0 unspecified atom stereocenters. The molecule has 1 aromatic rings. The zero-order chi connectivity index (χ0) is 20.8. The Morgan fingerprint density at radius 3 is 2.64 bits per heavy atom. The quantitative estimate of drug-likeness (QED) is 0.416. The van der Waals surface area contributed by atoms with E-state index < -0.39 is 29.2 Å². The number of rotatable bonds is 7. The van der Waals surface area contributed by atoms with Crippen LogP contribution in [0.1, 0.15) is 43.7 Å². The van der Waals surface area contributed by atoms with E-state index in [0.29, 0.717) is 37.1 Å². The van der Waals surface area contributed by atoms with Gasteiger partial charge in [0.25, 0.3) is 0 Å². The molecule has 2 rings (SSSR count). The van der Waals surface area contributed by atoms with Crippen LogP contribution in [0.5, 0.6) is 0 Å². The molecule has 0 saturated carbocycles. The molecule has 28 heavy (non-hydrogen) atoms. The van der Waals surface area contributed by atoms with Crippen LogP contribution < -0.4 is 5.32 Å². The highest BCUT2D eigenvalue weighted by atomic mass is 32.2. The molecule has 1 heterocycles. The van der Waals surface area contributed by atoms with Crippen LogP contribution in [0, 0.1) is 0 Å². The fourth-order valence-corrected chi connectivity index (χ4v) is 3.67. The maximum Gasteiger partial charge on any atom is 0.416 e. The zero-order valence-electron chi connectivity index (χ0n) is 15.4. The van der Waals surface area contributed by atoms with Crippen LogP contribution in [0.15, 0.2) is 24.3 Å². The van der Waals surface area contributed by atoms with Gasteiger partial charge in [-0.05, 0) is 37.4 Å². The number of halogens is 3. The molecule has 0 aliphatic carbocycles. The summed E-state index contributed by atoms with van der Waals surface area (Å²) in [7, 11) is 0. The molecule has 0 bridgehead atoms. The van der Waals surface area contributed by atoms with Crippen molar-refractivity contribution in [2.24, 2.45) is 0 Å². The van der Waals surface area contributed by atoms with Gasteiger partial charge in [-0.1, -0.05) is 30.0 Å². The predicted octanol–water partition coefficient (Wildman–Crippen LogP) is 3.50. The van der Waals surface area contributed by atoms with Gasteiger partial charge in [-0.25, -0.2) is 4.79 Å². The lowest BCUT2D eigenvalue weighted by atomic mass is 9.88. The molecule has 0 radical (unpaired) electrons. The van der Waals surface area contributed by atoms with Crippen molar-refractivity contribution in [3.63, 3.8) is 0 Å². The Morgan fingerprint density at radius 1 is 1.29 bits per heavy atom. The van der Waals surface area contributed by atoms with Gasteiger partial charge in [0, 0.05) is 25.5 Å². The molecule has 1 N–H and O–H groups in total. The van der Waals surface area contributed by atoms with E-state index in [0.717, 1.165) is 23.9 Å². The van der Waals surface area contributed by atoms with E-state index in [4.69, 9.17) is 4.74 Å². The Balaban J connectivity index is 2.02. The monoisotopic (exact) mass is 417 g/mol. The molecule has 1 saturated heterocycles. The van der Waals surface area contributed by atoms with Gasteiger partial charge in [-0.15, -0.1) is 0 Å². The molecule has 1 fully saturated rings. The highest BCUT2D eigenvalue weighted by Gasteiger charge is 2.43. The molecule has 5 nitrogen and oxygen atoms in total. The third kappa shape index (κ3) is 6.34. The first-order valence-corrected chi connectivity index (χ1v) is 9.91. The minimum Gasteiger partial charge on any atom is -0.392 e. The van der Waals surface area contributed by atoms with Crippen LogP contribution in [-0.4, -0.2) is 34.9 Å². The average molecular weight is 417 g/mol. The summed E-state index contributed by atoms with van der Waals surface area (Å²) in [5, 5.41) is 2.95. The topological polar surface area (TPSA) is 72.5 Å². The Hall–Kier alpha value is -1.87. The summed E-state index contributed by atoms with van der Waals surface area (Å²) in [6, 6.07) is 4.80. The standard InChI is InChI=1S/C19H22F3NO4S/c1-13(24)28-10-3-7-16(25)27-17(26)18(8-4-9-23-18)12-14-5-2-6-15(11-14)19(20,21)22/h2,5-6,11,23H,3-4,7-10,12H2,1H3/t18-/m0/s1. The number of thioether (sulfide) groups is 1. The number of benzene rings is 1. The van der Waals surface area contributed by atoms with Gasteiger partial charge in [0.2, 0.25) is 0 Å². The SMILES string of the molecule is CC(=O)SCCCC(=O)OC(=O)[C@@]1(Cc2cccc(C(F)(F)F)c2)CCCN1. The molecule has 1 aromatic carbocycles. The minimum absolute atomic E-state index is 0.00320. The second kappa shape index (κ2) is 9.56. The van der Waals surface area contributed by atoms with Crippen LogP contribution in [0.3, 0.4) is 0 Å². The van der Waals surface area contributed by atoms with Crippen molar-refractivity contribution < 1.29 is 32.3 Å². The van der Waals surface area contributed by atoms with E-state index in [1.54, 1.807) is 0 Å². The molecule has 1 aliphatic heterocycles. The minimum atomic E-state index is -4.47. The second-order valence-corrected chi connectivity index (χ2v) is 7.96. The van der Waals surface area contributed by atoms with Gasteiger partial charge >= 0.3 is 18.1 Å². The number of hydrogen-bond acceptors (Lipinski definition) is 6. The lowest BCUT2D eigenvalue weighted by molar-refractivity contribution is -0.164. The first kappa shape index (κ1) is 22.4. The Bertz CT molecular complexity index is 730. The van der Waals surface area contributed by atoms with Gasteiger partial charge in [0.1, 0.15) is 5.54 Å². The van der Waals surface area contributed by atoms with Crippen LogP contribution in [0.25, 0.3) is 0 Å². The van der Waals surface area contributed by atoms with Crippen LogP contribution in [-0.2, 0) is 31.7 Å². The smallest absolute Gasteiger partial charge is 0.392 e. The number of carbonyl (C=O) groups excluding carboxylic acids is 3. The third-order valence-electron chi connectivity index (χ3n) is 4.43. The highest BCUT2D eigenvalue weighted by molar-refractivity contribution is 8.13. The summed E-state index contributed by atoms with van der Waals surface area (Å²) in [5.41, 5.74) is -1.66. The number of ether oxygens (including phenoxy) is 1. The number of alkyl halides is 3. The van der Waals surface area contributed by atoms with Gasteiger partial charge in [0.05, 0.1) is 5.56 Å². The normalized spacial score (nSPS) is 19.4. The van der Waals surface area contributed by atoms with Gasteiger partial charge in [-0.2, -0.15) is 13.2 Å². The number of esters is 2. The molecule has 0 aromatic heterocycles. The van der Waals surface area contributed by atoms with Crippen LogP contribution in [0.4, 0.5) is 13.2 Å². The van der Waals surface area contributed by atoms with Crippen LogP contribution >= 0.6 is 11.8 Å². The maximum absolute atomic E-state index is 12.9. The van der Waals surface area contributed by atoms with E-state index in [1.165, 1.54) is 19.1 Å². The molecule has 9 heteroatoms. The summed E-state index contributed by atoms with van der Waals surface area (Å²) in [4.78, 5) is 35.4. The Labute approximate surface area is 165 Å². The Morgan fingerprint density at radius 2 is 2.04 bits per heavy atom. The third-order valence-corrected chi connectivity index (χ3v) is 5.33. The van der Waals surface area contributed by atoms with Crippen LogP contribution in [0.2, 0.25) is 0 Å². The van der Waals surface area contributed by atoms with Gasteiger partial charge in [-0.3, -0.25) is 9.59 Å². The maximum atomic E-state index is 12.9. The van der Waals surface area contributed by atoms with E-state index >= 15 is 0 Å². The fourth-order valence-electron chi connectivity index (χ4n) is 3.09. The summed E-state index contributed by atoms with van der Waals surface area (Å²) >= 11 is 1.09. The van der Waals surface area contributed by atoms with E-state index in [9.17, 15) is 27.6 Å². The Kier molecular flexibility index (Phi) is 7.65. The van der Waals surface area contributed by atoms with Crippen molar-refractivity contribution in [3.05, 3.63) is 35.4 Å². The number of nitrogens with one attached hydrogen (secondary N) is 1. The molecular formula is C19H22F3NO4S. The number of carbonyl (C=O) groups is 3. The van der Waals surface area contributed by atoms with E-state index in [2.05, 4.69) is 5.32 Å². The van der Waals surface area contributed by atoms with Crippen molar-refractivity contribution in [1.82, 2.24) is 5.32 Å². The van der Waals surface area contributed by atoms with Crippen molar-refractivity contribution in [3.8, 4) is 0 Å². The lowest BCUT2D eigenvalue weighted by Gasteiger charge is -2.27. The molecule has 0 spiro atoms. The van der Waals surface area contributed by atoms with Crippen molar-refractivity contribution in [1.29, 1.82) is 0 Å². The summed E-state index contributed by atoms with van der Waals surface area (Å²) in [5.74, 6) is -1.02. The summed E-state index contributed by atoms with van der Waals surface area (Å²) < 4.78 is 43.7. The van der Waals surface area contributed by atoms with Crippen molar-refractivity contribution in [2.45, 2.75) is 50.7 Å². The first-order valence-electron chi connectivity index (χ1n) is 8.92. The van der Waals surface area contributed by atoms with Crippen molar-refractivity contribution in [2.75, 3.05) is 12.3 Å². The molecule has 1 aliphatic rings.